The SMILES string of the molecule is CC(C)CNC(=S)NNC(=O)c1ccncc1. The summed E-state index contributed by atoms with van der Waals surface area (Å²) in [4.78, 5) is 15.4. The van der Waals surface area contributed by atoms with Crippen LogP contribution in [0, 0.1) is 5.92 Å². The Morgan fingerprint density at radius 2 is 2.00 bits per heavy atom. The Bertz CT molecular complexity index is 380. The molecule has 0 aromatic carbocycles. The van der Waals surface area contributed by atoms with Crippen LogP contribution in [0.4, 0.5) is 0 Å². The third kappa shape index (κ3) is 5.26. The van der Waals surface area contributed by atoms with Gasteiger partial charge in [-0.1, -0.05) is 13.8 Å². The van der Waals surface area contributed by atoms with Gasteiger partial charge in [-0.3, -0.25) is 20.6 Å². The number of hydrazine groups is 1. The molecule has 0 radical (unpaired) electrons. The molecule has 1 heterocycles. The summed E-state index contributed by atoms with van der Waals surface area (Å²) >= 11 is 4.99. The molecular formula is C11H16N4OS. The maximum absolute atomic E-state index is 11.6. The van der Waals surface area contributed by atoms with Crippen molar-refractivity contribution in [2.45, 2.75) is 13.8 Å². The molecule has 17 heavy (non-hydrogen) atoms. The fourth-order valence-corrected chi connectivity index (χ4v) is 1.16. The molecule has 0 fully saturated rings. The van der Waals surface area contributed by atoms with Crippen molar-refractivity contribution in [2.75, 3.05) is 6.54 Å². The molecule has 0 aliphatic rings. The van der Waals surface area contributed by atoms with E-state index in [0.717, 1.165) is 6.54 Å². The summed E-state index contributed by atoms with van der Waals surface area (Å²) < 4.78 is 0. The normalized spacial score (nSPS) is 9.82. The van der Waals surface area contributed by atoms with Crippen LogP contribution in [0.25, 0.3) is 0 Å². The standard InChI is InChI=1S/C11H16N4OS/c1-8(2)7-13-11(17)15-14-10(16)9-3-5-12-6-4-9/h3-6,8H,7H2,1-2H3,(H,14,16)(H2,13,15,17). The molecule has 1 rings (SSSR count). The molecule has 0 aliphatic carbocycles. The molecule has 0 aliphatic heterocycles. The van der Waals surface area contributed by atoms with E-state index in [2.05, 4.69) is 35.0 Å². The minimum Gasteiger partial charge on any atom is -0.361 e. The van der Waals surface area contributed by atoms with Gasteiger partial charge in [0.05, 0.1) is 0 Å². The summed E-state index contributed by atoms with van der Waals surface area (Å²) in [6.45, 7) is 4.91. The van der Waals surface area contributed by atoms with Crippen molar-refractivity contribution >= 4 is 23.2 Å². The second-order valence-electron chi connectivity index (χ2n) is 3.92. The van der Waals surface area contributed by atoms with Gasteiger partial charge in [-0.25, -0.2) is 0 Å². The monoisotopic (exact) mass is 252 g/mol. The molecule has 92 valence electrons. The number of hydrogen-bond acceptors (Lipinski definition) is 3. The van der Waals surface area contributed by atoms with Crippen LogP contribution in [0.2, 0.25) is 0 Å². The van der Waals surface area contributed by atoms with Gasteiger partial charge < -0.3 is 5.32 Å². The minimum absolute atomic E-state index is 0.249. The van der Waals surface area contributed by atoms with Crippen molar-refractivity contribution in [1.29, 1.82) is 0 Å². The number of carbonyl (C=O) groups is 1. The van der Waals surface area contributed by atoms with E-state index in [1.54, 1.807) is 24.5 Å². The molecule has 1 aromatic rings. The number of nitrogens with one attached hydrogen (secondary N) is 3. The van der Waals surface area contributed by atoms with Crippen LogP contribution >= 0.6 is 12.2 Å². The predicted molar refractivity (Wildman–Crippen MR) is 70.3 cm³/mol. The third-order valence-corrected chi connectivity index (χ3v) is 2.15. The van der Waals surface area contributed by atoms with Gasteiger partial charge in [-0.15, -0.1) is 0 Å². The van der Waals surface area contributed by atoms with E-state index in [4.69, 9.17) is 12.2 Å². The molecule has 1 amide bonds. The van der Waals surface area contributed by atoms with E-state index < -0.39 is 0 Å². The van der Waals surface area contributed by atoms with Crippen molar-refractivity contribution in [3.8, 4) is 0 Å². The second-order valence-corrected chi connectivity index (χ2v) is 4.33. The van der Waals surface area contributed by atoms with E-state index in [-0.39, 0.29) is 5.91 Å². The molecule has 0 saturated heterocycles. The molecule has 0 saturated carbocycles. The molecule has 1 aromatic heterocycles. The van der Waals surface area contributed by atoms with Gasteiger partial charge in [0.15, 0.2) is 5.11 Å². The highest BCUT2D eigenvalue weighted by atomic mass is 32.1. The number of nitrogens with zero attached hydrogens (tertiary/aromatic N) is 1. The molecule has 0 unspecified atom stereocenters. The largest absolute Gasteiger partial charge is 0.361 e. The van der Waals surface area contributed by atoms with E-state index in [1.807, 2.05) is 0 Å². The lowest BCUT2D eigenvalue weighted by Crippen LogP contribution is -2.47. The van der Waals surface area contributed by atoms with Gasteiger partial charge in [0, 0.05) is 24.5 Å². The number of hydrogen-bond donors (Lipinski definition) is 3. The topological polar surface area (TPSA) is 66.0 Å². The lowest BCUT2D eigenvalue weighted by Gasteiger charge is -2.12. The number of thiocarbonyl (C=S) groups is 1. The zero-order valence-corrected chi connectivity index (χ0v) is 10.7. The first kappa shape index (κ1) is 13.4. The summed E-state index contributed by atoms with van der Waals surface area (Å²) in [6, 6.07) is 3.25. The Morgan fingerprint density at radius 3 is 2.59 bits per heavy atom. The second kappa shape index (κ2) is 6.80. The average molecular weight is 252 g/mol. The van der Waals surface area contributed by atoms with Gasteiger partial charge in [-0.05, 0) is 30.3 Å². The Hall–Kier alpha value is -1.69. The summed E-state index contributed by atoms with van der Waals surface area (Å²) in [5.41, 5.74) is 5.67. The molecule has 0 bridgehead atoms. The maximum Gasteiger partial charge on any atom is 0.269 e. The molecule has 0 spiro atoms. The Kier molecular flexibility index (Phi) is 5.35. The van der Waals surface area contributed by atoms with E-state index in [1.165, 1.54) is 0 Å². The van der Waals surface area contributed by atoms with E-state index in [0.29, 0.717) is 16.6 Å². The van der Waals surface area contributed by atoms with Crippen molar-refractivity contribution in [2.24, 2.45) is 5.92 Å². The van der Waals surface area contributed by atoms with Crippen molar-refractivity contribution in [3.63, 3.8) is 0 Å². The Labute approximate surface area is 106 Å². The minimum atomic E-state index is -0.249. The quantitative estimate of drug-likeness (QED) is 0.550. The summed E-state index contributed by atoms with van der Waals surface area (Å²) in [5.74, 6) is 0.242. The average Bonchev–Trinajstić information content (AvgIpc) is 2.34. The molecular weight excluding hydrogens is 236 g/mol. The van der Waals surface area contributed by atoms with Gasteiger partial charge in [-0.2, -0.15) is 0 Å². The first-order chi connectivity index (χ1) is 8.09. The fraction of sp³-hybridized carbons (Fsp3) is 0.364. The number of aromatic nitrogens is 1. The van der Waals surface area contributed by atoms with Gasteiger partial charge in [0.25, 0.3) is 5.91 Å². The van der Waals surface area contributed by atoms with Crippen LogP contribution < -0.4 is 16.2 Å². The zero-order valence-electron chi connectivity index (χ0n) is 9.86. The highest BCUT2D eigenvalue weighted by Crippen LogP contribution is 1.94. The van der Waals surface area contributed by atoms with Crippen LogP contribution in [-0.2, 0) is 0 Å². The molecule has 6 heteroatoms. The van der Waals surface area contributed by atoms with Crippen molar-refractivity contribution in [3.05, 3.63) is 30.1 Å². The van der Waals surface area contributed by atoms with Crippen molar-refractivity contribution < 1.29 is 4.79 Å². The first-order valence-electron chi connectivity index (χ1n) is 5.34. The fourth-order valence-electron chi connectivity index (χ4n) is 1.03. The van der Waals surface area contributed by atoms with Crippen LogP contribution in [0.15, 0.2) is 24.5 Å². The predicted octanol–water partition coefficient (Wildman–Crippen LogP) is 0.846. The van der Waals surface area contributed by atoms with Crippen molar-refractivity contribution in [1.82, 2.24) is 21.2 Å². The van der Waals surface area contributed by atoms with Crippen LogP contribution in [-0.4, -0.2) is 22.5 Å². The van der Waals surface area contributed by atoms with Crippen LogP contribution in [0.1, 0.15) is 24.2 Å². The summed E-state index contributed by atoms with van der Waals surface area (Å²) in [5, 5.41) is 3.39. The lowest BCUT2D eigenvalue weighted by molar-refractivity contribution is 0.0943. The number of rotatable bonds is 3. The van der Waals surface area contributed by atoms with Crippen LogP contribution in [0.5, 0.6) is 0 Å². The molecule has 5 nitrogen and oxygen atoms in total. The number of amides is 1. The first-order valence-corrected chi connectivity index (χ1v) is 5.74. The molecule has 0 atom stereocenters. The highest BCUT2D eigenvalue weighted by Gasteiger charge is 2.04. The van der Waals surface area contributed by atoms with Crippen LogP contribution in [0.3, 0.4) is 0 Å². The highest BCUT2D eigenvalue weighted by molar-refractivity contribution is 7.80. The van der Waals surface area contributed by atoms with Gasteiger partial charge in [0.1, 0.15) is 0 Å². The van der Waals surface area contributed by atoms with Gasteiger partial charge in [0.2, 0.25) is 0 Å². The Morgan fingerprint density at radius 1 is 1.35 bits per heavy atom. The van der Waals surface area contributed by atoms with Gasteiger partial charge >= 0.3 is 0 Å². The summed E-state index contributed by atoms with van der Waals surface area (Å²) in [6.07, 6.45) is 3.12. The molecule has 3 N–H and O–H groups in total. The lowest BCUT2D eigenvalue weighted by atomic mass is 10.2. The zero-order chi connectivity index (χ0) is 12.7. The summed E-state index contributed by atoms with van der Waals surface area (Å²) in [7, 11) is 0. The third-order valence-electron chi connectivity index (χ3n) is 1.90. The smallest absolute Gasteiger partial charge is 0.269 e. The number of carbonyl (C=O) groups excluding carboxylic acids is 1. The Balaban J connectivity index is 2.31. The van der Waals surface area contributed by atoms with E-state index >= 15 is 0 Å². The number of pyridine rings is 1. The maximum atomic E-state index is 11.6. The van der Waals surface area contributed by atoms with E-state index in [9.17, 15) is 4.79 Å².